The number of ether oxygens (including phenoxy) is 1. The molecule has 1 aromatic rings. The molecule has 1 aliphatic carbocycles. The minimum atomic E-state index is -0.346. The molecule has 4 aliphatic rings. The summed E-state index contributed by atoms with van der Waals surface area (Å²) < 4.78 is 7.13. The second-order valence-corrected chi connectivity index (χ2v) is 10.7. The molecule has 1 saturated heterocycles. The lowest BCUT2D eigenvalue weighted by Crippen LogP contribution is -2.56. The molecule has 0 bridgehead atoms. The quantitative estimate of drug-likeness (QED) is 0.603. The summed E-state index contributed by atoms with van der Waals surface area (Å²) in [5, 5.41) is 1.57. The summed E-state index contributed by atoms with van der Waals surface area (Å²) in [6.45, 7) is 5.53. The molecule has 3 heterocycles. The standard InChI is InChI=1S/C26H32N3O4S/c1-18-3-2-4-20(15-18)17-28-22-9-14-34-23(22)25(31)29(26(28)32)16-19-5-7-21(8-6-19)24(30)27-10-12-33-13-11-27/h2-4,9,14-15,19,21,23H,5-8,10-13,16-17H2,1H3/q+1. The Bertz CT molecular complexity index is 1040. The van der Waals surface area contributed by atoms with Crippen molar-refractivity contribution < 1.29 is 23.7 Å². The lowest BCUT2D eigenvalue weighted by atomic mass is 9.81. The van der Waals surface area contributed by atoms with Crippen molar-refractivity contribution in [2.75, 3.05) is 32.8 Å². The Labute approximate surface area is 204 Å². The van der Waals surface area contributed by atoms with E-state index in [1.807, 2.05) is 41.5 Å². The van der Waals surface area contributed by atoms with E-state index in [2.05, 4.69) is 6.07 Å². The Kier molecular flexibility index (Phi) is 6.88. The molecule has 0 aromatic heterocycles. The molecule has 2 fully saturated rings. The molecule has 1 atom stereocenters. The third-order valence-corrected chi connectivity index (χ3v) is 8.38. The summed E-state index contributed by atoms with van der Waals surface area (Å²) in [7, 11) is 0. The SMILES string of the molecule is Cc1cccc(C[N+]2=C3C=CSC3C(=O)N(CC3CCC(C(=O)N4CCOCC4)CC3)C2=O)c1. The molecule has 7 nitrogen and oxygen atoms in total. The van der Waals surface area contributed by atoms with E-state index in [0.717, 1.165) is 42.5 Å². The van der Waals surface area contributed by atoms with Gasteiger partial charge in [0, 0.05) is 19.0 Å². The summed E-state index contributed by atoms with van der Waals surface area (Å²) in [6.07, 6.45) is 5.27. The number of rotatable bonds is 5. The number of aryl methyl sites for hydroxylation is 1. The van der Waals surface area contributed by atoms with Crippen LogP contribution in [0.3, 0.4) is 0 Å². The van der Waals surface area contributed by atoms with Gasteiger partial charge >= 0.3 is 11.9 Å². The molecule has 1 aromatic carbocycles. The van der Waals surface area contributed by atoms with Gasteiger partial charge in [-0.25, -0.2) is 4.79 Å². The van der Waals surface area contributed by atoms with Gasteiger partial charge in [0.15, 0.2) is 5.25 Å². The van der Waals surface area contributed by atoms with Gasteiger partial charge in [-0.3, -0.25) is 4.79 Å². The van der Waals surface area contributed by atoms with Crippen LogP contribution in [0.25, 0.3) is 0 Å². The third kappa shape index (κ3) is 4.70. The van der Waals surface area contributed by atoms with Crippen LogP contribution in [0.1, 0.15) is 36.8 Å². The normalized spacial score (nSPS) is 27.4. The van der Waals surface area contributed by atoms with Crippen LogP contribution in [0, 0.1) is 18.8 Å². The van der Waals surface area contributed by atoms with E-state index in [-0.39, 0.29) is 34.9 Å². The van der Waals surface area contributed by atoms with Crippen LogP contribution in [0.15, 0.2) is 35.7 Å². The van der Waals surface area contributed by atoms with Crippen molar-refractivity contribution in [3.05, 3.63) is 46.9 Å². The lowest BCUT2D eigenvalue weighted by Gasteiger charge is -2.34. The first kappa shape index (κ1) is 23.3. The molecule has 4 amide bonds. The summed E-state index contributed by atoms with van der Waals surface area (Å²) >= 11 is 1.48. The van der Waals surface area contributed by atoms with Gasteiger partial charge in [0.25, 0.3) is 0 Å². The van der Waals surface area contributed by atoms with E-state index < -0.39 is 0 Å². The van der Waals surface area contributed by atoms with Gasteiger partial charge in [0.2, 0.25) is 5.91 Å². The number of thioether (sulfide) groups is 1. The number of carbonyl (C=O) groups is 3. The third-order valence-electron chi connectivity index (χ3n) is 7.37. The predicted octanol–water partition coefficient (Wildman–Crippen LogP) is 3.21. The number of imide groups is 1. The zero-order chi connectivity index (χ0) is 23.7. The number of benzene rings is 1. The van der Waals surface area contributed by atoms with Crippen LogP contribution in [0.2, 0.25) is 0 Å². The Hall–Kier alpha value is -2.45. The highest BCUT2D eigenvalue weighted by Gasteiger charge is 2.49. The minimum absolute atomic E-state index is 0.0504. The highest BCUT2D eigenvalue weighted by molar-refractivity contribution is 8.04. The molecule has 0 N–H and O–H groups in total. The van der Waals surface area contributed by atoms with Gasteiger partial charge in [-0.1, -0.05) is 29.8 Å². The van der Waals surface area contributed by atoms with Crippen LogP contribution >= 0.6 is 11.8 Å². The topological polar surface area (TPSA) is 69.9 Å². The number of amides is 4. The highest BCUT2D eigenvalue weighted by Crippen LogP contribution is 2.33. The van der Waals surface area contributed by atoms with Crippen molar-refractivity contribution >= 4 is 35.3 Å². The molecule has 0 spiro atoms. The highest BCUT2D eigenvalue weighted by atomic mass is 32.2. The monoisotopic (exact) mass is 482 g/mol. The number of hydrogen-bond donors (Lipinski definition) is 0. The molecular weight excluding hydrogens is 450 g/mol. The lowest BCUT2D eigenvalue weighted by molar-refractivity contribution is -0.454. The Morgan fingerprint density at radius 1 is 1.15 bits per heavy atom. The molecule has 8 heteroatoms. The Balaban J connectivity index is 1.25. The summed E-state index contributed by atoms with van der Waals surface area (Å²) in [5.41, 5.74) is 3.00. The molecule has 0 radical (unpaired) electrons. The molecule has 3 aliphatic heterocycles. The van der Waals surface area contributed by atoms with Gasteiger partial charge < -0.3 is 9.64 Å². The molecule has 1 unspecified atom stereocenters. The summed E-state index contributed by atoms with van der Waals surface area (Å²) in [4.78, 5) is 43.0. The number of carbonyl (C=O) groups excluding carboxylic acids is 3. The van der Waals surface area contributed by atoms with Crippen molar-refractivity contribution in [1.82, 2.24) is 9.80 Å². The first-order valence-electron chi connectivity index (χ1n) is 12.2. The fourth-order valence-electron chi connectivity index (χ4n) is 5.47. The molecule has 180 valence electrons. The molecule has 34 heavy (non-hydrogen) atoms. The van der Waals surface area contributed by atoms with E-state index >= 15 is 0 Å². The van der Waals surface area contributed by atoms with E-state index in [4.69, 9.17) is 4.74 Å². The van der Waals surface area contributed by atoms with Crippen LogP contribution in [-0.2, 0) is 20.9 Å². The number of morpholine rings is 1. The van der Waals surface area contributed by atoms with Crippen LogP contribution < -0.4 is 0 Å². The average molecular weight is 483 g/mol. The van der Waals surface area contributed by atoms with E-state index in [9.17, 15) is 14.4 Å². The van der Waals surface area contributed by atoms with Crippen LogP contribution in [0.5, 0.6) is 0 Å². The van der Waals surface area contributed by atoms with E-state index in [0.29, 0.717) is 39.4 Å². The van der Waals surface area contributed by atoms with Gasteiger partial charge in [-0.05, 0) is 55.6 Å². The summed E-state index contributed by atoms with van der Waals surface area (Å²) in [6, 6.07) is 7.92. The Morgan fingerprint density at radius 3 is 2.65 bits per heavy atom. The number of allylic oxidation sites excluding steroid dienone is 1. The van der Waals surface area contributed by atoms with E-state index in [1.165, 1.54) is 16.7 Å². The number of nitrogens with zero attached hydrogens (tertiary/aromatic N) is 3. The zero-order valence-corrected chi connectivity index (χ0v) is 20.5. The second-order valence-electron chi connectivity index (χ2n) is 9.71. The zero-order valence-electron chi connectivity index (χ0n) is 19.7. The summed E-state index contributed by atoms with van der Waals surface area (Å²) in [5.74, 6) is 0.420. The van der Waals surface area contributed by atoms with Crippen molar-refractivity contribution in [1.29, 1.82) is 0 Å². The fraction of sp³-hybridized carbons (Fsp3) is 0.538. The van der Waals surface area contributed by atoms with Gasteiger partial charge in [-0.15, -0.1) is 11.8 Å². The van der Waals surface area contributed by atoms with Crippen LogP contribution in [-0.4, -0.2) is 76.0 Å². The van der Waals surface area contributed by atoms with Gasteiger partial charge in [0.1, 0.15) is 18.8 Å². The number of urea groups is 1. The predicted molar refractivity (Wildman–Crippen MR) is 131 cm³/mol. The maximum absolute atomic E-state index is 13.5. The smallest absolute Gasteiger partial charge is 0.378 e. The van der Waals surface area contributed by atoms with Crippen molar-refractivity contribution in [2.24, 2.45) is 11.8 Å². The molecular formula is C26H32N3O4S+. The first-order chi connectivity index (χ1) is 16.5. The minimum Gasteiger partial charge on any atom is -0.378 e. The Morgan fingerprint density at radius 2 is 1.91 bits per heavy atom. The fourth-order valence-corrected chi connectivity index (χ4v) is 6.43. The van der Waals surface area contributed by atoms with Crippen molar-refractivity contribution in [2.45, 2.75) is 44.4 Å². The number of fused-ring (bicyclic) bond motifs is 1. The van der Waals surface area contributed by atoms with Crippen LogP contribution in [0.4, 0.5) is 4.79 Å². The van der Waals surface area contributed by atoms with Gasteiger partial charge in [-0.2, -0.15) is 14.3 Å². The largest absolute Gasteiger partial charge is 0.501 e. The van der Waals surface area contributed by atoms with Crippen molar-refractivity contribution in [3.63, 3.8) is 0 Å². The number of hydrogen-bond acceptors (Lipinski definition) is 5. The maximum atomic E-state index is 13.5. The average Bonchev–Trinajstić information content (AvgIpc) is 3.35. The maximum Gasteiger partial charge on any atom is 0.501 e. The first-order valence-corrected chi connectivity index (χ1v) is 13.2. The van der Waals surface area contributed by atoms with Gasteiger partial charge in [0.05, 0.1) is 13.2 Å². The van der Waals surface area contributed by atoms with Crippen molar-refractivity contribution in [3.8, 4) is 0 Å². The second kappa shape index (κ2) is 10.0. The van der Waals surface area contributed by atoms with E-state index in [1.54, 1.807) is 4.58 Å². The molecule has 1 saturated carbocycles. The molecule has 5 rings (SSSR count).